The van der Waals surface area contributed by atoms with Crippen LogP contribution in [-0.4, -0.2) is 35.4 Å². The third-order valence-electron chi connectivity index (χ3n) is 3.93. The standard InChI is InChI=1S/C18H35N5.HI/c1-6-8-9-11-18(3,4)15-21-17(19-7-2)20-12-10-16-13-22-23(5)14-16;/h13-14H,6-12,15H2,1-5H3,(H2,19,20,21);1H. The summed E-state index contributed by atoms with van der Waals surface area (Å²) in [5, 5.41) is 10.9. The monoisotopic (exact) mass is 449 g/mol. The second-order valence-electron chi connectivity index (χ2n) is 7.02. The Morgan fingerprint density at radius 1 is 1.25 bits per heavy atom. The molecule has 140 valence electrons. The zero-order valence-electron chi connectivity index (χ0n) is 16.1. The van der Waals surface area contributed by atoms with E-state index in [1.54, 1.807) is 0 Å². The van der Waals surface area contributed by atoms with Gasteiger partial charge < -0.3 is 10.6 Å². The van der Waals surface area contributed by atoms with Crippen LogP contribution in [0.5, 0.6) is 0 Å². The molecule has 6 heteroatoms. The fourth-order valence-electron chi connectivity index (χ4n) is 2.49. The van der Waals surface area contributed by atoms with Crippen LogP contribution < -0.4 is 10.6 Å². The molecule has 1 heterocycles. The molecule has 0 aliphatic heterocycles. The maximum atomic E-state index is 4.77. The third kappa shape index (κ3) is 10.2. The number of aliphatic imine (C=N–C) groups is 1. The molecule has 1 aromatic rings. The predicted molar refractivity (Wildman–Crippen MR) is 114 cm³/mol. The minimum atomic E-state index is 0. The van der Waals surface area contributed by atoms with Gasteiger partial charge in [0, 0.05) is 32.9 Å². The summed E-state index contributed by atoms with van der Waals surface area (Å²) in [7, 11) is 1.95. The second kappa shape index (κ2) is 12.6. The van der Waals surface area contributed by atoms with Crippen LogP contribution in [0.25, 0.3) is 0 Å². The fourth-order valence-corrected chi connectivity index (χ4v) is 2.49. The van der Waals surface area contributed by atoms with Crippen molar-refractivity contribution in [3.05, 3.63) is 18.0 Å². The molecule has 5 nitrogen and oxygen atoms in total. The first-order valence-electron chi connectivity index (χ1n) is 8.96. The summed E-state index contributed by atoms with van der Waals surface area (Å²) >= 11 is 0. The van der Waals surface area contributed by atoms with Crippen molar-refractivity contribution < 1.29 is 0 Å². The largest absolute Gasteiger partial charge is 0.357 e. The first-order chi connectivity index (χ1) is 11.0. The van der Waals surface area contributed by atoms with E-state index in [1.165, 1.54) is 31.2 Å². The van der Waals surface area contributed by atoms with E-state index in [0.29, 0.717) is 0 Å². The molecule has 1 rings (SSSR count). The van der Waals surface area contributed by atoms with Gasteiger partial charge >= 0.3 is 0 Å². The molecular weight excluding hydrogens is 413 g/mol. The Kier molecular flexibility index (Phi) is 12.1. The van der Waals surface area contributed by atoms with Crippen LogP contribution >= 0.6 is 24.0 Å². The van der Waals surface area contributed by atoms with Gasteiger partial charge in [-0.2, -0.15) is 5.10 Å². The molecule has 24 heavy (non-hydrogen) atoms. The normalized spacial score (nSPS) is 12.0. The van der Waals surface area contributed by atoms with Gasteiger partial charge in [-0.05, 0) is 30.7 Å². The smallest absolute Gasteiger partial charge is 0.191 e. The van der Waals surface area contributed by atoms with Crippen LogP contribution in [0.3, 0.4) is 0 Å². The predicted octanol–water partition coefficient (Wildman–Crippen LogP) is 3.74. The molecule has 0 unspecified atom stereocenters. The van der Waals surface area contributed by atoms with E-state index < -0.39 is 0 Å². The average Bonchev–Trinajstić information content (AvgIpc) is 2.90. The summed E-state index contributed by atoms with van der Waals surface area (Å²) in [6.07, 6.45) is 10.1. The van der Waals surface area contributed by atoms with Gasteiger partial charge in [-0.3, -0.25) is 9.67 Å². The van der Waals surface area contributed by atoms with Crippen LogP contribution in [0.1, 0.15) is 58.9 Å². The van der Waals surface area contributed by atoms with Crippen molar-refractivity contribution in [2.75, 3.05) is 19.6 Å². The third-order valence-corrected chi connectivity index (χ3v) is 3.93. The lowest BCUT2D eigenvalue weighted by Gasteiger charge is -2.23. The van der Waals surface area contributed by atoms with Gasteiger partial charge in [-0.25, -0.2) is 0 Å². The molecule has 1 aromatic heterocycles. The number of aromatic nitrogens is 2. The number of nitrogens with zero attached hydrogens (tertiary/aromatic N) is 3. The molecule has 0 aliphatic carbocycles. The lowest BCUT2D eigenvalue weighted by Crippen LogP contribution is -2.39. The Morgan fingerprint density at radius 2 is 2.00 bits per heavy atom. The van der Waals surface area contributed by atoms with Crippen LogP contribution in [0, 0.1) is 5.41 Å². The summed E-state index contributed by atoms with van der Waals surface area (Å²) in [5.41, 5.74) is 1.51. The van der Waals surface area contributed by atoms with Crippen LogP contribution in [0.15, 0.2) is 17.4 Å². The number of hydrogen-bond donors (Lipinski definition) is 2. The van der Waals surface area contributed by atoms with E-state index in [4.69, 9.17) is 4.99 Å². The number of halogens is 1. The Hall–Kier alpha value is -0.790. The van der Waals surface area contributed by atoms with Crippen LogP contribution in [0.2, 0.25) is 0 Å². The highest BCUT2D eigenvalue weighted by molar-refractivity contribution is 14.0. The van der Waals surface area contributed by atoms with Gasteiger partial charge in [-0.15, -0.1) is 24.0 Å². The Morgan fingerprint density at radius 3 is 2.58 bits per heavy atom. The van der Waals surface area contributed by atoms with Gasteiger partial charge in [0.25, 0.3) is 0 Å². The molecule has 0 amide bonds. The Bertz CT molecular complexity index is 468. The highest BCUT2D eigenvalue weighted by Crippen LogP contribution is 2.23. The maximum Gasteiger partial charge on any atom is 0.191 e. The first-order valence-corrected chi connectivity index (χ1v) is 8.96. The fraction of sp³-hybridized carbons (Fsp3) is 0.778. The van der Waals surface area contributed by atoms with E-state index >= 15 is 0 Å². The number of aryl methyl sites for hydroxylation is 1. The van der Waals surface area contributed by atoms with Crippen molar-refractivity contribution in [1.29, 1.82) is 0 Å². The highest BCUT2D eigenvalue weighted by Gasteiger charge is 2.17. The van der Waals surface area contributed by atoms with Crippen molar-refractivity contribution >= 4 is 29.9 Å². The molecule has 0 spiro atoms. The molecule has 0 aliphatic rings. The Labute approximate surface area is 165 Å². The van der Waals surface area contributed by atoms with E-state index in [-0.39, 0.29) is 29.4 Å². The summed E-state index contributed by atoms with van der Waals surface area (Å²) in [6.45, 7) is 11.6. The maximum absolute atomic E-state index is 4.77. The van der Waals surface area contributed by atoms with Crippen molar-refractivity contribution in [3.63, 3.8) is 0 Å². The lowest BCUT2D eigenvalue weighted by molar-refractivity contribution is 0.332. The summed E-state index contributed by atoms with van der Waals surface area (Å²) in [5.74, 6) is 0.917. The molecule has 0 fully saturated rings. The number of unbranched alkanes of at least 4 members (excludes halogenated alkanes) is 2. The van der Waals surface area contributed by atoms with E-state index in [9.17, 15) is 0 Å². The second-order valence-corrected chi connectivity index (χ2v) is 7.02. The van der Waals surface area contributed by atoms with Gasteiger partial charge in [0.1, 0.15) is 0 Å². The quantitative estimate of drug-likeness (QED) is 0.248. The van der Waals surface area contributed by atoms with Gasteiger partial charge in [0.05, 0.1) is 6.20 Å². The number of nitrogens with one attached hydrogen (secondary N) is 2. The molecule has 0 aromatic carbocycles. The number of hydrogen-bond acceptors (Lipinski definition) is 2. The molecule has 2 N–H and O–H groups in total. The summed E-state index contributed by atoms with van der Waals surface area (Å²) in [6, 6.07) is 0. The molecular formula is C18H36IN5. The van der Waals surface area contributed by atoms with Crippen molar-refractivity contribution in [3.8, 4) is 0 Å². The molecule has 0 radical (unpaired) electrons. The van der Waals surface area contributed by atoms with Gasteiger partial charge in [-0.1, -0.05) is 40.0 Å². The Balaban J connectivity index is 0.00000529. The van der Waals surface area contributed by atoms with Crippen LogP contribution in [0.4, 0.5) is 0 Å². The van der Waals surface area contributed by atoms with E-state index in [1.807, 2.05) is 17.9 Å². The summed E-state index contributed by atoms with van der Waals surface area (Å²) in [4.78, 5) is 4.77. The first kappa shape index (κ1) is 23.2. The van der Waals surface area contributed by atoms with Crippen molar-refractivity contribution in [1.82, 2.24) is 20.4 Å². The molecule has 0 saturated heterocycles. The SMILES string of the molecule is CCCCCC(C)(C)CN=C(NCC)NCCc1cnn(C)c1.I. The molecule has 0 saturated carbocycles. The van der Waals surface area contributed by atoms with Gasteiger partial charge in [0.2, 0.25) is 0 Å². The molecule has 0 atom stereocenters. The zero-order chi connectivity index (χ0) is 17.1. The minimum absolute atomic E-state index is 0. The average molecular weight is 449 g/mol. The van der Waals surface area contributed by atoms with E-state index in [0.717, 1.165) is 32.0 Å². The van der Waals surface area contributed by atoms with Crippen molar-refractivity contribution in [2.45, 2.75) is 59.8 Å². The topological polar surface area (TPSA) is 54.2 Å². The minimum Gasteiger partial charge on any atom is -0.357 e. The van der Waals surface area contributed by atoms with Crippen LogP contribution in [-0.2, 0) is 13.5 Å². The lowest BCUT2D eigenvalue weighted by atomic mass is 9.87. The van der Waals surface area contributed by atoms with E-state index in [2.05, 4.69) is 49.6 Å². The van der Waals surface area contributed by atoms with Crippen molar-refractivity contribution in [2.24, 2.45) is 17.5 Å². The van der Waals surface area contributed by atoms with Gasteiger partial charge in [0.15, 0.2) is 5.96 Å². The molecule has 0 bridgehead atoms. The highest BCUT2D eigenvalue weighted by atomic mass is 127. The summed E-state index contributed by atoms with van der Waals surface area (Å²) < 4.78 is 1.84. The zero-order valence-corrected chi connectivity index (χ0v) is 18.4. The number of rotatable bonds is 10. The number of guanidine groups is 1.